The predicted octanol–water partition coefficient (Wildman–Crippen LogP) is 5.56. The summed E-state index contributed by atoms with van der Waals surface area (Å²) in [5.41, 5.74) is 1.33. The van der Waals surface area contributed by atoms with Crippen molar-refractivity contribution in [3.05, 3.63) is 81.8 Å². The van der Waals surface area contributed by atoms with Gasteiger partial charge in [0, 0.05) is 36.1 Å². The molecule has 2 N–H and O–H groups in total. The Balaban J connectivity index is 2.37. The van der Waals surface area contributed by atoms with E-state index in [9.17, 15) is 19.8 Å². The average Bonchev–Trinajstić information content (AvgIpc) is 2.83. The number of nitrogens with one attached hydrogen (secondary N) is 1. The summed E-state index contributed by atoms with van der Waals surface area (Å²) in [6.07, 6.45) is 0.798. The van der Waals surface area contributed by atoms with Crippen molar-refractivity contribution in [2.75, 3.05) is 25.6 Å². The molecule has 0 aliphatic carbocycles. The first-order valence-corrected chi connectivity index (χ1v) is 12.7. The molecule has 9 nitrogen and oxygen atoms in total. The molecule has 2 aromatic carbocycles. The highest BCUT2D eigenvalue weighted by atomic mass is 31.2. The van der Waals surface area contributed by atoms with Crippen molar-refractivity contribution in [1.29, 1.82) is 0 Å². The van der Waals surface area contributed by atoms with Gasteiger partial charge < -0.3 is 19.5 Å². The second kappa shape index (κ2) is 12.8. The lowest BCUT2D eigenvalue weighted by Crippen LogP contribution is -2.41. The molecular weight excluding hydrogens is 457 g/mol. The molecule has 2 aromatic rings. The number of non-ortho nitro benzene ring substituents is 1. The van der Waals surface area contributed by atoms with E-state index in [0.29, 0.717) is 11.0 Å². The van der Waals surface area contributed by atoms with E-state index in [0.717, 1.165) is 5.56 Å². The molecule has 3 atom stereocenters. The average molecular weight is 492 g/mol. The van der Waals surface area contributed by atoms with Crippen molar-refractivity contribution < 1.29 is 23.6 Å². The van der Waals surface area contributed by atoms with Gasteiger partial charge in [0.05, 0.1) is 29.6 Å². The summed E-state index contributed by atoms with van der Waals surface area (Å²) in [6.45, 7) is 7.60. The first kappa shape index (κ1) is 27.7. The first-order chi connectivity index (χ1) is 16.1. The predicted molar refractivity (Wildman–Crippen MR) is 134 cm³/mol. The van der Waals surface area contributed by atoms with Crippen LogP contribution in [0.5, 0.6) is 0 Å². The number of hydrogen-bond acceptors (Lipinski definition) is 8. The number of aliphatic hydroxyl groups excluding tert-OH is 1. The van der Waals surface area contributed by atoms with Crippen molar-refractivity contribution in [2.45, 2.75) is 45.9 Å². The van der Waals surface area contributed by atoms with E-state index in [-0.39, 0.29) is 24.9 Å². The summed E-state index contributed by atoms with van der Waals surface area (Å²) in [5.74, 6) is 0. The van der Waals surface area contributed by atoms with Crippen molar-refractivity contribution in [3.63, 3.8) is 0 Å². The number of hydrogen-bond donors (Lipinski definition) is 2. The van der Waals surface area contributed by atoms with Gasteiger partial charge in [0.15, 0.2) is 0 Å². The molecule has 0 saturated heterocycles. The molecule has 0 bridgehead atoms. The zero-order chi connectivity index (χ0) is 25.3. The lowest BCUT2D eigenvalue weighted by molar-refractivity contribution is -0.384. The Labute approximate surface area is 201 Å². The van der Waals surface area contributed by atoms with Crippen LogP contribution in [0.15, 0.2) is 66.1 Å². The third kappa shape index (κ3) is 6.98. The zero-order valence-corrected chi connectivity index (χ0v) is 21.1. The number of nitro groups is 1. The van der Waals surface area contributed by atoms with E-state index < -0.39 is 24.7 Å². The van der Waals surface area contributed by atoms with Crippen LogP contribution in [0.25, 0.3) is 0 Å². The molecule has 0 amide bonds. The minimum atomic E-state index is -3.68. The largest absolute Gasteiger partial charge is 0.387 e. The molecular formula is C24H34N3O6P. The van der Waals surface area contributed by atoms with E-state index in [1.807, 2.05) is 56.1 Å². The molecule has 0 heterocycles. The molecule has 186 valence electrons. The number of rotatable bonds is 13. The van der Waals surface area contributed by atoms with Gasteiger partial charge in [0.1, 0.15) is 0 Å². The monoisotopic (exact) mass is 491 g/mol. The Hall–Kier alpha value is -2.55. The van der Waals surface area contributed by atoms with Gasteiger partial charge in [-0.2, -0.15) is 0 Å². The standard InChI is InChI=1S/C24H34N3O6P/c1-6-32-34(31,33-7-2)23(17-25-21-13-15-22(16-14-21)27(29)30)18(3)26(5)19(4)24(28)20-11-9-8-10-12-20/h8-19,24-25,28H,6-7H2,1-5H3/b23-17+/t18?,19-,24+/m0/s1. The lowest BCUT2D eigenvalue weighted by Gasteiger charge is -2.36. The number of likely N-dealkylation sites (N-methyl/N-ethyl adjacent to an activating group) is 1. The fourth-order valence-corrected chi connectivity index (χ4v) is 5.42. The second-order valence-corrected chi connectivity index (χ2v) is 9.82. The molecule has 10 heteroatoms. The van der Waals surface area contributed by atoms with E-state index in [2.05, 4.69) is 5.32 Å². The van der Waals surface area contributed by atoms with Crippen LogP contribution in [0, 0.1) is 10.1 Å². The van der Waals surface area contributed by atoms with Gasteiger partial charge in [-0.3, -0.25) is 19.6 Å². The van der Waals surface area contributed by atoms with Crippen molar-refractivity contribution in [3.8, 4) is 0 Å². The van der Waals surface area contributed by atoms with Gasteiger partial charge in [-0.05, 0) is 52.4 Å². The number of aliphatic hydroxyl groups is 1. The lowest BCUT2D eigenvalue weighted by atomic mass is 10.0. The summed E-state index contributed by atoms with van der Waals surface area (Å²) in [4.78, 5) is 12.4. The second-order valence-electron chi connectivity index (χ2n) is 7.79. The minimum Gasteiger partial charge on any atom is -0.387 e. The van der Waals surface area contributed by atoms with E-state index in [1.165, 1.54) is 12.1 Å². The van der Waals surface area contributed by atoms with Crippen molar-refractivity contribution in [1.82, 2.24) is 4.90 Å². The van der Waals surface area contributed by atoms with E-state index in [1.54, 1.807) is 32.2 Å². The zero-order valence-electron chi connectivity index (χ0n) is 20.2. The smallest absolute Gasteiger partial charge is 0.360 e. The molecule has 0 aliphatic rings. The fourth-order valence-electron chi connectivity index (χ4n) is 3.50. The van der Waals surface area contributed by atoms with Crippen LogP contribution in [0.1, 0.15) is 39.4 Å². The number of nitro benzene ring substituents is 1. The van der Waals surface area contributed by atoms with E-state index >= 15 is 0 Å². The van der Waals surface area contributed by atoms with Gasteiger partial charge in [-0.25, -0.2) is 0 Å². The summed E-state index contributed by atoms with van der Waals surface area (Å²) < 4.78 is 25.0. The van der Waals surface area contributed by atoms with Crippen LogP contribution >= 0.6 is 7.60 Å². The van der Waals surface area contributed by atoms with Crippen LogP contribution in [0.4, 0.5) is 11.4 Å². The summed E-state index contributed by atoms with van der Waals surface area (Å²) in [6, 6.07) is 14.5. The number of benzene rings is 2. The third-order valence-electron chi connectivity index (χ3n) is 5.66. The summed E-state index contributed by atoms with van der Waals surface area (Å²) in [5, 5.41) is 25.3. The molecule has 1 unspecified atom stereocenters. The van der Waals surface area contributed by atoms with Crippen LogP contribution in [0.3, 0.4) is 0 Å². The molecule has 0 fully saturated rings. The fraction of sp³-hybridized carbons (Fsp3) is 0.417. The normalized spacial score (nSPS) is 15.1. The van der Waals surface area contributed by atoms with E-state index in [4.69, 9.17) is 9.05 Å². The van der Waals surface area contributed by atoms with Crippen LogP contribution in [-0.2, 0) is 13.6 Å². The molecule has 34 heavy (non-hydrogen) atoms. The van der Waals surface area contributed by atoms with Crippen molar-refractivity contribution in [2.24, 2.45) is 0 Å². The SMILES string of the molecule is CCOP(=O)(OCC)/C(=C/Nc1ccc([N+](=O)[O-])cc1)C(C)N(C)[C@@H](C)[C@@H](O)c1ccccc1. The van der Waals surface area contributed by atoms with Crippen LogP contribution in [0.2, 0.25) is 0 Å². The van der Waals surface area contributed by atoms with Crippen LogP contribution in [-0.4, -0.2) is 47.3 Å². The molecule has 2 rings (SSSR count). The van der Waals surface area contributed by atoms with Crippen LogP contribution < -0.4 is 5.32 Å². The molecule has 0 spiro atoms. The Bertz CT molecular complexity index is 990. The van der Waals surface area contributed by atoms with Gasteiger partial charge in [0.25, 0.3) is 5.69 Å². The first-order valence-electron chi connectivity index (χ1n) is 11.2. The molecule has 0 aliphatic heterocycles. The number of nitrogens with zero attached hydrogens (tertiary/aromatic N) is 2. The maximum atomic E-state index is 13.8. The number of anilines is 1. The topological polar surface area (TPSA) is 114 Å². The summed E-state index contributed by atoms with van der Waals surface area (Å²) in [7, 11) is -1.84. The Morgan fingerprint density at radius 3 is 2.18 bits per heavy atom. The molecule has 0 aromatic heterocycles. The molecule has 0 saturated carbocycles. The Morgan fingerprint density at radius 2 is 1.68 bits per heavy atom. The molecule has 0 radical (unpaired) electrons. The van der Waals surface area contributed by atoms with Gasteiger partial charge >= 0.3 is 7.60 Å². The Kier molecular flexibility index (Phi) is 10.4. The maximum absolute atomic E-state index is 13.8. The minimum absolute atomic E-state index is 0.0270. The quantitative estimate of drug-likeness (QED) is 0.213. The summed E-state index contributed by atoms with van der Waals surface area (Å²) >= 11 is 0. The van der Waals surface area contributed by atoms with Gasteiger partial charge in [0.2, 0.25) is 0 Å². The Morgan fingerprint density at radius 1 is 1.12 bits per heavy atom. The highest BCUT2D eigenvalue weighted by Gasteiger charge is 2.37. The van der Waals surface area contributed by atoms with Gasteiger partial charge in [-0.15, -0.1) is 0 Å². The third-order valence-corrected chi connectivity index (χ3v) is 7.99. The maximum Gasteiger partial charge on any atom is 0.360 e. The van der Waals surface area contributed by atoms with Gasteiger partial charge in [-0.1, -0.05) is 30.3 Å². The highest BCUT2D eigenvalue weighted by molar-refractivity contribution is 7.58. The highest BCUT2D eigenvalue weighted by Crippen LogP contribution is 2.58. The van der Waals surface area contributed by atoms with Crippen molar-refractivity contribution >= 4 is 19.0 Å².